The van der Waals surface area contributed by atoms with Gasteiger partial charge in [-0.3, -0.25) is 9.59 Å². The highest BCUT2D eigenvalue weighted by molar-refractivity contribution is 7.12. The smallest absolute Gasteiger partial charge is 0.466 e. The molecule has 168 valence electrons. The number of benzene rings is 2. The first-order chi connectivity index (χ1) is 15.2. The molecular formula is C23H20F3NO4S. The summed E-state index contributed by atoms with van der Waals surface area (Å²) in [7, 11) is 0. The van der Waals surface area contributed by atoms with Crippen LogP contribution in [-0.4, -0.2) is 24.8 Å². The van der Waals surface area contributed by atoms with Crippen LogP contribution < -0.4 is 10.1 Å². The Bertz CT molecular complexity index is 1050. The van der Waals surface area contributed by atoms with Crippen LogP contribution in [0.25, 0.3) is 11.1 Å². The largest absolute Gasteiger partial charge is 0.573 e. The molecule has 1 amide bonds. The normalized spacial score (nSPS) is 12.1. The first-order valence-corrected chi connectivity index (χ1v) is 10.6. The lowest BCUT2D eigenvalue weighted by Gasteiger charge is -2.18. The average Bonchev–Trinajstić information content (AvgIpc) is 3.24. The molecule has 0 saturated carbocycles. The lowest BCUT2D eigenvalue weighted by molar-refractivity contribution is -0.274. The maximum absolute atomic E-state index is 12.8. The lowest BCUT2D eigenvalue weighted by Crippen LogP contribution is -2.30. The molecule has 1 aromatic heterocycles. The molecule has 9 heteroatoms. The number of ether oxygens (including phenoxy) is 2. The van der Waals surface area contributed by atoms with Gasteiger partial charge in [-0.05, 0) is 47.2 Å². The molecule has 1 heterocycles. The highest BCUT2D eigenvalue weighted by atomic mass is 32.1. The van der Waals surface area contributed by atoms with E-state index < -0.39 is 18.4 Å². The van der Waals surface area contributed by atoms with Gasteiger partial charge < -0.3 is 14.8 Å². The second kappa shape index (κ2) is 10.3. The molecule has 32 heavy (non-hydrogen) atoms. The Balaban J connectivity index is 1.72. The van der Waals surface area contributed by atoms with Gasteiger partial charge in [0.1, 0.15) is 5.75 Å². The van der Waals surface area contributed by atoms with Crippen LogP contribution in [-0.2, 0) is 9.53 Å². The van der Waals surface area contributed by atoms with Crippen molar-refractivity contribution >= 4 is 23.2 Å². The molecule has 0 saturated heterocycles. The second-order valence-corrected chi connectivity index (χ2v) is 7.63. The zero-order valence-electron chi connectivity index (χ0n) is 17.0. The highest BCUT2D eigenvalue weighted by Gasteiger charge is 2.31. The molecule has 0 aliphatic carbocycles. The average molecular weight is 463 g/mol. The van der Waals surface area contributed by atoms with Crippen molar-refractivity contribution in [1.82, 2.24) is 5.32 Å². The van der Waals surface area contributed by atoms with Crippen LogP contribution in [0, 0.1) is 0 Å². The number of carbonyl (C=O) groups is 2. The number of hydrogen-bond donors (Lipinski definition) is 1. The maximum atomic E-state index is 12.8. The van der Waals surface area contributed by atoms with Crippen molar-refractivity contribution < 1.29 is 32.2 Å². The van der Waals surface area contributed by atoms with Crippen LogP contribution in [0.3, 0.4) is 0 Å². The molecular weight excluding hydrogens is 443 g/mol. The van der Waals surface area contributed by atoms with Crippen molar-refractivity contribution in [3.8, 4) is 16.9 Å². The van der Waals surface area contributed by atoms with E-state index in [0.717, 1.165) is 5.56 Å². The third-order valence-electron chi connectivity index (χ3n) is 4.43. The Morgan fingerprint density at radius 1 is 1.03 bits per heavy atom. The van der Waals surface area contributed by atoms with Crippen molar-refractivity contribution in [2.24, 2.45) is 0 Å². The van der Waals surface area contributed by atoms with Gasteiger partial charge >= 0.3 is 12.3 Å². The summed E-state index contributed by atoms with van der Waals surface area (Å²) in [5.74, 6) is -1.11. The Morgan fingerprint density at radius 3 is 2.34 bits per heavy atom. The van der Waals surface area contributed by atoms with E-state index in [-0.39, 0.29) is 24.7 Å². The molecule has 0 radical (unpaired) electrons. The van der Waals surface area contributed by atoms with E-state index in [0.29, 0.717) is 16.0 Å². The van der Waals surface area contributed by atoms with Crippen molar-refractivity contribution in [3.05, 3.63) is 76.5 Å². The minimum Gasteiger partial charge on any atom is -0.466 e. The summed E-state index contributed by atoms with van der Waals surface area (Å²) >= 11 is 1.19. The first kappa shape index (κ1) is 23.3. The number of thiophene rings is 1. The second-order valence-electron chi connectivity index (χ2n) is 6.72. The van der Waals surface area contributed by atoms with Crippen LogP contribution in [0.1, 0.15) is 34.6 Å². The molecule has 3 aromatic rings. The van der Waals surface area contributed by atoms with E-state index in [9.17, 15) is 22.8 Å². The summed E-state index contributed by atoms with van der Waals surface area (Å²) in [4.78, 5) is 25.2. The number of rotatable bonds is 8. The van der Waals surface area contributed by atoms with Gasteiger partial charge in [0.05, 0.1) is 23.9 Å². The van der Waals surface area contributed by atoms with Gasteiger partial charge in [0.25, 0.3) is 5.91 Å². The van der Waals surface area contributed by atoms with Crippen molar-refractivity contribution in [2.45, 2.75) is 25.7 Å². The fraction of sp³-hybridized carbons (Fsp3) is 0.217. The van der Waals surface area contributed by atoms with Crippen LogP contribution >= 0.6 is 11.3 Å². The summed E-state index contributed by atoms with van der Waals surface area (Å²) in [5.41, 5.74) is 2.09. The minimum absolute atomic E-state index is 0.0114. The van der Waals surface area contributed by atoms with Gasteiger partial charge in [0.15, 0.2) is 0 Å². The number of halogens is 3. The van der Waals surface area contributed by atoms with Crippen molar-refractivity contribution in [3.63, 3.8) is 0 Å². The predicted octanol–water partition coefficient (Wildman–Crippen LogP) is 5.74. The molecule has 0 aliphatic rings. The molecule has 3 rings (SSSR count). The maximum Gasteiger partial charge on any atom is 0.573 e. The Labute approximate surface area is 186 Å². The number of amides is 1. The molecule has 0 fully saturated rings. The summed E-state index contributed by atoms with van der Waals surface area (Å²) in [5, 5.41) is 4.60. The molecule has 1 unspecified atom stereocenters. The fourth-order valence-electron chi connectivity index (χ4n) is 3.01. The molecule has 5 nitrogen and oxygen atoms in total. The summed E-state index contributed by atoms with van der Waals surface area (Å²) in [6.07, 6.45) is -4.77. The van der Waals surface area contributed by atoms with Crippen molar-refractivity contribution in [2.75, 3.05) is 6.61 Å². The van der Waals surface area contributed by atoms with Crippen LogP contribution in [0.2, 0.25) is 0 Å². The van der Waals surface area contributed by atoms with E-state index >= 15 is 0 Å². The van der Waals surface area contributed by atoms with Crippen LogP contribution in [0.5, 0.6) is 5.75 Å². The van der Waals surface area contributed by atoms with E-state index in [1.54, 1.807) is 18.4 Å². The molecule has 0 aliphatic heterocycles. The van der Waals surface area contributed by atoms with E-state index in [1.165, 1.54) is 35.6 Å². The standard InChI is InChI=1S/C23H20F3NO4S/c1-2-30-21(28)13-19(16-6-4-3-5-7-16)27-22(29)20-12-17(14-32-20)15-8-10-18(11-9-15)31-23(24,25)26/h3-12,14,19H,2,13H2,1H3,(H,27,29). The fourth-order valence-corrected chi connectivity index (χ4v) is 3.83. The van der Waals surface area contributed by atoms with E-state index in [4.69, 9.17) is 4.74 Å². The Morgan fingerprint density at radius 2 is 1.72 bits per heavy atom. The summed E-state index contributed by atoms with van der Waals surface area (Å²) in [6, 6.07) is 15.6. The quantitative estimate of drug-likeness (QED) is 0.433. The third-order valence-corrected chi connectivity index (χ3v) is 5.36. The SMILES string of the molecule is CCOC(=O)CC(NC(=O)c1cc(-c2ccc(OC(F)(F)F)cc2)cs1)c1ccccc1. The molecule has 2 aromatic carbocycles. The van der Waals surface area contributed by atoms with Gasteiger partial charge in [-0.15, -0.1) is 24.5 Å². The summed E-state index contributed by atoms with van der Waals surface area (Å²) in [6.45, 7) is 1.96. The Hall–Kier alpha value is -3.33. The van der Waals surface area contributed by atoms with E-state index in [1.807, 2.05) is 30.3 Å². The molecule has 0 bridgehead atoms. The van der Waals surface area contributed by atoms with Gasteiger partial charge in [0.2, 0.25) is 0 Å². The highest BCUT2D eigenvalue weighted by Crippen LogP contribution is 2.30. The predicted molar refractivity (Wildman–Crippen MR) is 114 cm³/mol. The van der Waals surface area contributed by atoms with Gasteiger partial charge in [-0.2, -0.15) is 0 Å². The number of esters is 1. The van der Waals surface area contributed by atoms with Gasteiger partial charge in [-0.25, -0.2) is 0 Å². The number of nitrogens with one attached hydrogen (secondary N) is 1. The topological polar surface area (TPSA) is 64.6 Å². The molecule has 0 spiro atoms. The lowest BCUT2D eigenvalue weighted by atomic mass is 10.0. The molecule has 1 N–H and O–H groups in total. The summed E-state index contributed by atoms with van der Waals surface area (Å²) < 4.78 is 45.8. The Kier molecular flexibility index (Phi) is 7.53. The molecule has 1 atom stereocenters. The minimum atomic E-state index is -4.76. The zero-order chi connectivity index (χ0) is 23.1. The monoisotopic (exact) mass is 463 g/mol. The number of hydrogen-bond acceptors (Lipinski definition) is 5. The zero-order valence-corrected chi connectivity index (χ0v) is 17.8. The van der Waals surface area contributed by atoms with Crippen LogP contribution in [0.15, 0.2) is 66.0 Å². The third kappa shape index (κ3) is 6.58. The van der Waals surface area contributed by atoms with Gasteiger partial charge in [-0.1, -0.05) is 42.5 Å². The number of carbonyl (C=O) groups excluding carboxylic acids is 2. The van der Waals surface area contributed by atoms with E-state index in [2.05, 4.69) is 10.1 Å². The van der Waals surface area contributed by atoms with Crippen LogP contribution in [0.4, 0.5) is 13.2 Å². The van der Waals surface area contributed by atoms with Crippen molar-refractivity contribution in [1.29, 1.82) is 0 Å². The first-order valence-electron chi connectivity index (χ1n) is 9.71. The van der Waals surface area contributed by atoms with Gasteiger partial charge in [0, 0.05) is 0 Å². The number of alkyl halides is 3.